The van der Waals surface area contributed by atoms with Gasteiger partial charge in [-0.15, -0.1) is 0 Å². The molecule has 3 heteroatoms. The first-order valence-electron chi connectivity index (χ1n) is 5.28. The molecule has 3 nitrogen and oxygen atoms in total. The lowest BCUT2D eigenvalue weighted by atomic mass is 9.87. The summed E-state index contributed by atoms with van der Waals surface area (Å²) < 4.78 is 0. The van der Waals surface area contributed by atoms with Crippen molar-refractivity contribution in [3.63, 3.8) is 0 Å². The van der Waals surface area contributed by atoms with Gasteiger partial charge in [-0.2, -0.15) is 15.4 Å². The molecule has 1 aromatic rings. The minimum absolute atomic E-state index is 0.129. The van der Waals surface area contributed by atoms with Gasteiger partial charge in [0.25, 0.3) is 0 Å². The largest absolute Gasteiger partial charge is 0.206 e. The normalized spacial score (nSPS) is 11.4. The van der Waals surface area contributed by atoms with E-state index < -0.39 is 0 Å². The Morgan fingerprint density at radius 3 is 2.19 bits per heavy atom. The van der Waals surface area contributed by atoms with Gasteiger partial charge in [0.2, 0.25) is 6.19 Å². The zero-order chi connectivity index (χ0) is 12.2. The van der Waals surface area contributed by atoms with Crippen molar-refractivity contribution in [1.82, 2.24) is 0 Å². The molecule has 16 heavy (non-hydrogen) atoms. The topological polar surface area (TPSA) is 39.4 Å². The Kier molecular flexibility index (Phi) is 3.68. The van der Waals surface area contributed by atoms with Crippen LogP contribution < -0.4 is 5.01 Å². The van der Waals surface area contributed by atoms with Gasteiger partial charge in [-0.05, 0) is 30.0 Å². The second-order valence-electron chi connectivity index (χ2n) is 4.58. The first-order chi connectivity index (χ1) is 7.49. The highest BCUT2D eigenvalue weighted by atomic mass is 15.4. The Bertz CT molecular complexity index is 404. The van der Waals surface area contributed by atoms with Crippen molar-refractivity contribution >= 4 is 11.9 Å². The van der Waals surface area contributed by atoms with Crippen LogP contribution >= 0.6 is 0 Å². The third kappa shape index (κ3) is 2.83. The quantitative estimate of drug-likeness (QED) is 0.329. The summed E-state index contributed by atoms with van der Waals surface area (Å²) in [7, 11) is 0. The Morgan fingerprint density at radius 1 is 1.25 bits per heavy atom. The van der Waals surface area contributed by atoms with Crippen LogP contribution in [0.2, 0.25) is 0 Å². The monoisotopic (exact) mass is 215 g/mol. The molecular weight excluding hydrogens is 198 g/mol. The van der Waals surface area contributed by atoms with E-state index in [1.165, 1.54) is 10.6 Å². The molecule has 0 aliphatic rings. The molecule has 0 unspecified atom stereocenters. The molecule has 0 bridgehead atoms. The van der Waals surface area contributed by atoms with E-state index in [1.54, 1.807) is 13.1 Å². The van der Waals surface area contributed by atoms with E-state index in [1.807, 2.05) is 30.5 Å². The molecule has 84 valence electrons. The maximum atomic E-state index is 8.90. The fourth-order valence-electron chi connectivity index (χ4n) is 1.37. The summed E-state index contributed by atoms with van der Waals surface area (Å²) in [5.41, 5.74) is 2.16. The van der Waals surface area contributed by atoms with Crippen LogP contribution in [0.15, 0.2) is 29.4 Å². The Balaban J connectivity index is 2.99. The summed E-state index contributed by atoms with van der Waals surface area (Å²) in [5.74, 6) is 0. The predicted molar refractivity (Wildman–Crippen MR) is 67.4 cm³/mol. The molecule has 0 amide bonds. The van der Waals surface area contributed by atoms with E-state index in [-0.39, 0.29) is 5.41 Å². The number of anilines is 1. The number of hydrogen-bond donors (Lipinski definition) is 0. The summed E-state index contributed by atoms with van der Waals surface area (Å²) in [6, 6.07) is 7.89. The minimum Gasteiger partial charge on any atom is -0.171 e. The maximum absolute atomic E-state index is 8.90. The zero-order valence-corrected chi connectivity index (χ0v) is 10.2. The van der Waals surface area contributed by atoms with Gasteiger partial charge in [0, 0.05) is 6.21 Å². The van der Waals surface area contributed by atoms with Crippen LogP contribution in [0.1, 0.15) is 33.3 Å². The molecule has 0 spiro atoms. The fraction of sp³-hybridized carbons (Fsp3) is 0.385. The van der Waals surface area contributed by atoms with Gasteiger partial charge >= 0.3 is 0 Å². The van der Waals surface area contributed by atoms with Gasteiger partial charge in [-0.3, -0.25) is 0 Å². The van der Waals surface area contributed by atoms with Gasteiger partial charge in [0.15, 0.2) is 0 Å². The average molecular weight is 215 g/mol. The van der Waals surface area contributed by atoms with Crippen LogP contribution in [-0.2, 0) is 5.41 Å². The van der Waals surface area contributed by atoms with E-state index in [2.05, 4.69) is 25.9 Å². The summed E-state index contributed by atoms with van der Waals surface area (Å²) >= 11 is 0. The van der Waals surface area contributed by atoms with Crippen molar-refractivity contribution in [1.29, 1.82) is 5.26 Å². The second-order valence-corrected chi connectivity index (χ2v) is 4.58. The van der Waals surface area contributed by atoms with Crippen LogP contribution in [0, 0.1) is 11.5 Å². The zero-order valence-electron chi connectivity index (χ0n) is 10.2. The third-order valence-electron chi connectivity index (χ3n) is 2.30. The average Bonchev–Trinajstić information content (AvgIpc) is 2.25. The minimum atomic E-state index is 0.129. The van der Waals surface area contributed by atoms with Crippen molar-refractivity contribution in [2.45, 2.75) is 33.1 Å². The van der Waals surface area contributed by atoms with Crippen molar-refractivity contribution in [2.24, 2.45) is 5.10 Å². The molecule has 0 fully saturated rings. The number of benzene rings is 1. The maximum Gasteiger partial charge on any atom is 0.206 e. The number of rotatable bonds is 2. The Labute approximate surface area is 97.0 Å². The molecule has 0 saturated heterocycles. The van der Waals surface area contributed by atoms with Crippen molar-refractivity contribution < 1.29 is 0 Å². The first-order valence-corrected chi connectivity index (χ1v) is 5.28. The number of hydrazone groups is 1. The molecule has 0 aliphatic carbocycles. The number of nitrogens with zero attached hydrogens (tertiary/aromatic N) is 3. The van der Waals surface area contributed by atoms with Gasteiger partial charge in [-0.1, -0.05) is 32.9 Å². The van der Waals surface area contributed by atoms with E-state index in [0.717, 1.165) is 5.69 Å². The molecule has 1 aromatic carbocycles. The standard InChI is InChI=1S/C13H17N3/c1-5-15-16(10-14)12-8-6-11(7-9-12)13(2,3)4/h5-9H,1-4H3/b15-5-. The van der Waals surface area contributed by atoms with Gasteiger partial charge < -0.3 is 0 Å². The molecule has 0 saturated carbocycles. The van der Waals surface area contributed by atoms with Crippen molar-refractivity contribution in [2.75, 3.05) is 5.01 Å². The van der Waals surface area contributed by atoms with E-state index >= 15 is 0 Å². The van der Waals surface area contributed by atoms with E-state index in [4.69, 9.17) is 5.26 Å². The predicted octanol–water partition coefficient (Wildman–Crippen LogP) is 3.28. The molecule has 0 heterocycles. The van der Waals surface area contributed by atoms with Gasteiger partial charge in [0.05, 0.1) is 5.69 Å². The van der Waals surface area contributed by atoms with Crippen molar-refractivity contribution in [3.05, 3.63) is 29.8 Å². The third-order valence-corrected chi connectivity index (χ3v) is 2.30. The first kappa shape index (κ1) is 12.3. The highest BCUT2D eigenvalue weighted by Gasteiger charge is 2.13. The van der Waals surface area contributed by atoms with Crippen LogP contribution in [0.5, 0.6) is 0 Å². The summed E-state index contributed by atoms with van der Waals surface area (Å²) in [6.07, 6.45) is 3.61. The fourth-order valence-corrected chi connectivity index (χ4v) is 1.37. The highest BCUT2D eigenvalue weighted by Crippen LogP contribution is 2.24. The van der Waals surface area contributed by atoms with E-state index in [0.29, 0.717) is 0 Å². The molecule has 0 aromatic heterocycles. The van der Waals surface area contributed by atoms with Crippen LogP contribution in [0.3, 0.4) is 0 Å². The molecule has 0 radical (unpaired) electrons. The number of hydrogen-bond acceptors (Lipinski definition) is 3. The Hall–Kier alpha value is -1.82. The lowest BCUT2D eigenvalue weighted by Crippen LogP contribution is -2.12. The van der Waals surface area contributed by atoms with Crippen LogP contribution in [0.25, 0.3) is 0 Å². The lowest BCUT2D eigenvalue weighted by Gasteiger charge is -2.19. The summed E-state index contributed by atoms with van der Waals surface area (Å²) in [4.78, 5) is 0. The van der Waals surface area contributed by atoms with Gasteiger partial charge in [0.1, 0.15) is 0 Å². The second kappa shape index (κ2) is 4.80. The summed E-state index contributed by atoms with van der Waals surface area (Å²) in [5, 5.41) is 14.2. The van der Waals surface area contributed by atoms with Crippen molar-refractivity contribution in [3.8, 4) is 6.19 Å². The molecule has 0 aliphatic heterocycles. The lowest BCUT2D eigenvalue weighted by molar-refractivity contribution is 0.590. The van der Waals surface area contributed by atoms with E-state index in [9.17, 15) is 0 Å². The molecule has 0 N–H and O–H groups in total. The van der Waals surface area contributed by atoms with Crippen LogP contribution in [0.4, 0.5) is 5.69 Å². The molecular formula is C13H17N3. The SMILES string of the molecule is C/C=N\N(C#N)c1ccc(C(C)(C)C)cc1. The van der Waals surface area contributed by atoms with Crippen LogP contribution in [-0.4, -0.2) is 6.21 Å². The Morgan fingerprint density at radius 2 is 1.81 bits per heavy atom. The smallest absolute Gasteiger partial charge is 0.171 e. The number of nitriles is 1. The van der Waals surface area contributed by atoms with Gasteiger partial charge in [-0.25, -0.2) is 0 Å². The summed E-state index contributed by atoms with van der Waals surface area (Å²) in [6.45, 7) is 8.27. The molecule has 0 atom stereocenters. The highest BCUT2D eigenvalue weighted by molar-refractivity contribution is 5.59. The molecule has 1 rings (SSSR count).